The predicted octanol–water partition coefficient (Wildman–Crippen LogP) is 2.00. The van der Waals surface area contributed by atoms with Crippen molar-refractivity contribution < 1.29 is 19.4 Å². The Labute approximate surface area is 124 Å². The molecular weight excluding hydrogens is 270 g/mol. The van der Waals surface area contributed by atoms with Gasteiger partial charge in [-0.1, -0.05) is 12.1 Å². The van der Waals surface area contributed by atoms with Gasteiger partial charge < -0.3 is 15.2 Å². The highest BCUT2D eigenvalue weighted by molar-refractivity contribution is 5.79. The van der Waals surface area contributed by atoms with Crippen molar-refractivity contribution in [2.75, 3.05) is 6.61 Å². The summed E-state index contributed by atoms with van der Waals surface area (Å²) in [5, 5.41) is 11.7. The van der Waals surface area contributed by atoms with Crippen LogP contribution in [0.25, 0.3) is 0 Å². The first-order valence-electron chi connectivity index (χ1n) is 7.31. The van der Waals surface area contributed by atoms with Crippen LogP contribution in [0.15, 0.2) is 24.3 Å². The van der Waals surface area contributed by atoms with Crippen molar-refractivity contribution in [1.82, 2.24) is 5.32 Å². The number of carboxylic acids is 1. The van der Waals surface area contributed by atoms with E-state index < -0.39 is 5.97 Å². The van der Waals surface area contributed by atoms with E-state index in [1.807, 2.05) is 31.2 Å². The van der Waals surface area contributed by atoms with Crippen LogP contribution >= 0.6 is 0 Å². The summed E-state index contributed by atoms with van der Waals surface area (Å²) in [5.41, 5.74) is 0.890. The fraction of sp³-hybridized carbons (Fsp3) is 0.500. The lowest BCUT2D eigenvalue weighted by atomic mass is 10.1. The number of hydrogen-bond acceptors (Lipinski definition) is 3. The van der Waals surface area contributed by atoms with Gasteiger partial charge in [-0.3, -0.25) is 9.59 Å². The van der Waals surface area contributed by atoms with Crippen LogP contribution in [0.2, 0.25) is 0 Å². The van der Waals surface area contributed by atoms with Crippen LogP contribution in [0.3, 0.4) is 0 Å². The summed E-state index contributed by atoms with van der Waals surface area (Å²) in [4.78, 5) is 22.8. The van der Waals surface area contributed by atoms with Crippen LogP contribution in [0.4, 0.5) is 0 Å². The number of amides is 1. The van der Waals surface area contributed by atoms with Gasteiger partial charge in [0.1, 0.15) is 5.75 Å². The Morgan fingerprint density at radius 1 is 1.33 bits per heavy atom. The number of ether oxygens (including phenoxy) is 1. The van der Waals surface area contributed by atoms with Crippen LogP contribution in [-0.2, 0) is 16.0 Å². The minimum Gasteiger partial charge on any atom is -0.494 e. The largest absolute Gasteiger partial charge is 0.494 e. The first-order valence-corrected chi connectivity index (χ1v) is 7.31. The third-order valence-electron chi connectivity index (χ3n) is 3.53. The Morgan fingerprint density at radius 3 is 2.52 bits per heavy atom. The Bertz CT molecular complexity index is 494. The van der Waals surface area contributed by atoms with Crippen molar-refractivity contribution in [1.29, 1.82) is 0 Å². The maximum absolute atomic E-state index is 12.0. The standard InChI is InChI=1S/C16H21NO4/c1-2-21-13-7-3-11(4-8-13)9-15(18)17-14(10-16(19)20)12-5-6-12/h3-4,7-8,12,14H,2,5-6,9-10H2,1H3,(H,17,18)(H,19,20). The van der Waals surface area contributed by atoms with Gasteiger partial charge in [-0.05, 0) is 43.4 Å². The van der Waals surface area contributed by atoms with E-state index in [4.69, 9.17) is 9.84 Å². The smallest absolute Gasteiger partial charge is 0.305 e. The molecule has 2 rings (SSSR count). The first kappa shape index (κ1) is 15.4. The van der Waals surface area contributed by atoms with Crippen molar-refractivity contribution in [2.45, 2.75) is 38.6 Å². The zero-order valence-electron chi connectivity index (χ0n) is 12.2. The Balaban J connectivity index is 1.86. The highest BCUT2D eigenvalue weighted by atomic mass is 16.5. The molecule has 114 valence electrons. The number of aliphatic carboxylic acids is 1. The summed E-state index contributed by atoms with van der Waals surface area (Å²) in [6, 6.07) is 7.14. The molecule has 0 radical (unpaired) electrons. The summed E-state index contributed by atoms with van der Waals surface area (Å²) < 4.78 is 5.35. The van der Waals surface area contributed by atoms with Gasteiger partial charge in [0.15, 0.2) is 0 Å². The second-order valence-corrected chi connectivity index (χ2v) is 5.36. The Hall–Kier alpha value is -2.04. The Morgan fingerprint density at radius 2 is 2.00 bits per heavy atom. The van der Waals surface area contributed by atoms with Crippen molar-refractivity contribution in [3.63, 3.8) is 0 Å². The highest BCUT2D eigenvalue weighted by Crippen LogP contribution is 2.34. The lowest BCUT2D eigenvalue weighted by Gasteiger charge is -2.16. The number of benzene rings is 1. The number of carbonyl (C=O) groups excluding carboxylic acids is 1. The molecule has 2 N–H and O–H groups in total. The third kappa shape index (κ3) is 5.10. The van der Waals surface area contributed by atoms with Crippen LogP contribution < -0.4 is 10.1 Å². The SMILES string of the molecule is CCOc1ccc(CC(=O)NC(CC(=O)O)C2CC2)cc1. The number of carbonyl (C=O) groups is 2. The lowest BCUT2D eigenvalue weighted by molar-refractivity contribution is -0.137. The van der Waals surface area contributed by atoms with E-state index in [2.05, 4.69) is 5.32 Å². The van der Waals surface area contributed by atoms with Gasteiger partial charge in [0.25, 0.3) is 0 Å². The second kappa shape index (κ2) is 7.11. The molecule has 0 aromatic heterocycles. The zero-order valence-corrected chi connectivity index (χ0v) is 12.2. The van der Waals surface area contributed by atoms with Gasteiger partial charge in [-0.2, -0.15) is 0 Å². The van der Waals surface area contributed by atoms with Crippen molar-refractivity contribution in [3.8, 4) is 5.75 Å². The molecule has 5 heteroatoms. The summed E-state index contributed by atoms with van der Waals surface area (Å²) in [6.45, 7) is 2.53. The highest BCUT2D eigenvalue weighted by Gasteiger charge is 2.33. The minimum absolute atomic E-state index is 0.000313. The number of nitrogens with one attached hydrogen (secondary N) is 1. The number of hydrogen-bond donors (Lipinski definition) is 2. The monoisotopic (exact) mass is 291 g/mol. The topological polar surface area (TPSA) is 75.6 Å². The molecule has 1 aliphatic carbocycles. The van der Waals surface area contributed by atoms with Gasteiger partial charge in [0.2, 0.25) is 5.91 Å². The molecule has 1 atom stereocenters. The molecule has 0 bridgehead atoms. The molecular formula is C16H21NO4. The molecule has 1 aliphatic rings. The van der Waals surface area contributed by atoms with Gasteiger partial charge in [-0.25, -0.2) is 0 Å². The lowest BCUT2D eigenvalue weighted by Crippen LogP contribution is -2.38. The van der Waals surface area contributed by atoms with E-state index in [1.54, 1.807) is 0 Å². The van der Waals surface area contributed by atoms with E-state index >= 15 is 0 Å². The van der Waals surface area contributed by atoms with Crippen molar-refractivity contribution in [3.05, 3.63) is 29.8 Å². The summed E-state index contributed by atoms with van der Waals surface area (Å²) in [6.07, 6.45) is 2.26. The molecule has 1 amide bonds. The van der Waals surface area contributed by atoms with Crippen molar-refractivity contribution in [2.24, 2.45) is 5.92 Å². The average Bonchev–Trinajstić information content (AvgIpc) is 3.24. The minimum atomic E-state index is -0.867. The predicted molar refractivity (Wildman–Crippen MR) is 78.2 cm³/mol. The molecule has 1 saturated carbocycles. The van der Waals surface area contributed by atoms with Gasteiger partial charge in [0, 0.05) is 6.04 Å². The van der Waals surface area contributed by atoms with E-state index in [1.165, 1.54) is 0 Å². The normalized spacial score (nSPS) is 15.3. The van der Waals surface area contributed by atoms with Crippen LogP contribution in [0.1, 0.15) is 31.7 Å². The van der Waals surface area contributed by atoms with E-state index in [0.717, 1.165) is 24.2 Å². The van der Waals surface area contributed by atoms with Crippen molar-refractivity contribution >= 4 is 11.9 Å². The van der Waals surface area contributed by atoms with E-state index in [0.29, 0.717) is 12.5 Å². The molecule has 0 saturated heterocycles. The van der Waals surface area contributed by atoms with E-state index in [9.17, 15) is 9.59 Å². The molecule has 0 spiro atoms. The fourth-order valence-electron chi connectivity index (χ4n) is 2.34. The molecule has 0 aliphatic heterocycles. The number of carboxylic acid groups (broad SMARTS) is 1. The first-order chi connectivity index (χ1) is 10.1. The van der Waals surface area contributed by atoms with Crippen LogP contribution in [0.5, 0.6) is 5.75 Å². The number of rotatable bonds is 8. The second-order valence-electron chi connectivity index (χ2n) is 5.36. The maximum Gasteiger partial charge on any atom is 0.305 e. The molecule has 1 fully saturated rings. The zero-order chi connectivity index (χ0) is 15.2. The molecule has 1 unspecified atom stereocenters. The fourth-order valence-corrected chi connectivity index (χ4v) is 2.34. The van der Waals surface area contributed by atoms with E-state index in [-0.39, 0.29) is 24.8 Å². The summed E-state index contributed by atoms with van der Waals surface area (Å²) in [5.74, 6) is 0.111. The van der Waals surface area contributed by atoms with Gasteiger partial charge in [0.05, 0.1) is 19.4 Å². The molecule has 5 nitrogen and oxygen atoms in total. The van der Waals surface area contributed by atoms with Gasteiger partial charge >= 0.3 is 5.97 Å². The summed E-state index contributed by atoms with van der Waals surface area (Å²) in [7, 11) is 0. The molecule has 1 aromatic carbocycles. The average molecular weight is 291 g/mol. The molecule has 1 aromatic rings. The quantitative estimate of drug-likeness (QED) is 0.768. The van der Waals surface area contributed by atoms with Crippen LogP contribution in [-0.4, -0.2) is 29.6 Å². The van der Waals surface area contributed by atoms with Crippen LogP contribution in [0, 0.1) is 5.92 Å². The molecule has 0 heterocycles. The third-order valence-corrected chi connectivity index (χ3v) is 3.53. The van der Waals surface area contributed by atoms with Gasteiger partial charge in [-0.15, -0.1) is 0 Å². The molecule has 21 heavy (non-hydrogen) atoms. The Kier molecular flexibility index (Phi) is 5.20. The summed E-state index contributed by atoms with van der Waals surface area (Å²) >= 11 is 0. The maximum atomic E-state index is 12.0.